The number of nitrogens with one attached hydrogen (secondary N) is 1. The van der Waals surface area contributed by atoms with E-state index in [1.165, 1.54) is 12.1 Å². The molecule has 3 aromatic carbocycles. The number of carbonyl (C=O) groups excluding carboxylic acids is 1. The van der Waals surface area contributed by atoms with Crippen LogP contribution in [-0.2, 0) is 5.41 Å². The van der Waals surface area contributed by atoms with Crippen molar-refractivity contribution in [2.45, 2.75) is 26.2 Å². The van der Waals surface area contributed by atoms with Crippen LogP contribution in [0.4, 0.5) is 5.69 Å². The molecule has 0 aliphatic carbocycles. The van der Waals surface area contributed by atoms with Crippen LogP contribution in [0.2, 0.25) is 0 Å². The van der Waals surface area contributed by atoms with Crippen LogP contribution in [0.1, 0.15) is 52.6 Å². The number of hydrogen-bond donors (Lipinski definition) is 2. The number of rotatable bonds is 6. The summed E-state index contributed by atoms with van der Waals surface area (Å²) in [5.41, 5.74) is 6.20. The fourth-order valence-corrected chi connectivity index (χ4v) is 2.76. The van der Waals surface area contributed by atoms with Crippen LogP contribution in [0.25, 0.3) is 0 Å². The van der Waals surface area contributed by atoms with E-state index in [2.05, 4.69) is 31.3 Å². The average molecular weight is 416 g/mol. The standard InChI is InChI=1S/C25H24N2O4/c1-25(2,3)20-10-6-19(7-11-20)24(30)31-22-14-4-17(5-15-22)16-26-27-21-12-8-18(9-13-21)23(28)29/h4-16,27H,1-3H3,(H,28,29). The van der Waals surface area contributed by atoms with Gasteiger partial charge in [-0.05, 0) is 77.2 Å². The van der Waals surface area contributed by atoms with E-state index in [1.54, 1.807) is 54.7 Å². The maximum Gasteiger partial charge on any atom is 0.343 e. The smallest absolute Gasteiger partial charge is 0.343 e. The number of carbonyl (C=O) groups is 2. The molecule has 0 aliphatic heterocycles. The van der Waals surface area contributed by atoms with Gasteiger partial charge < -0.3 is 9.84 Å². The summed E-state index contributed by atoms with van der Waals surface area (Å²) in [4.78, 5) is 23.2. The van der Waals surface area contributed by atoms with Crippen LogP contribution < -0.4 is 10.2 Å². The van der Waals surface area contributed by atoms with Gasteiger partial charge >= 0.3 is 11.9 Å². The minimum atomic E-state index is -0.974. The Bertz CT molecular complexity index is 1080. The third kappa shape index (κ3) is 6.02. The first-order chi connectivity index (χ1) is 14.7. The van der Waals surface area contributed by atoms with Crippen LogP contribution in [-0.4, -0.2) is 23.3 Å². The number of carboxylic acid groups (broad SMARTS) is 1. The number of carboxylic acids is 1. The first kappa shape index (κ1) is 21.8. The number of hydrazone groups is 1. The van der Waals surface area contributed by atoms with Gasteiger partial charge in [-0.2, -0.15) is 5.10 Å². The zero-order valence-corrected chi connectivity index (χ0v) is 17.6. The Morgan fingerprint density at radius 2 is 1.45 bits per heavy atom. The third-order valence-corrected chi connectivity index (χ3v) is 4.62. The Morgan fingerprint density at radius 1 is 0.871 bits per heavy atom. The minimum Gasteiger partial charge on any atom is -0.478 e. The van der Waals surface area contributed by atoms with Crippen LogP contribution in [0.3, 0.4) is 0 Å². The lowest BCUT2D eigenvalue weighted by molar-refractivity contribution is 0.0694. The van der Waals surface area contributed by atoms with E-state index in [1.807, 2.05) is 12.1 Å². The molecule has 158 valence electrons. The summed E-state index contributed by atoms with van der Waals surface area (Å²) >= 11 is 0. The molecule has 0 fully saturated rings. The highest BCUT2D eigenvalue weighted by Gasteiger charge is 2.15. The van der Waals surface area contributed by atoms with Gasteiger partial charge in [0, 0.05) is 0 Å². The summed E-state index contributed by atoms with van der Waals surface area (Å²) in [6.07, 6.45) is 1.61. The molecular formula is C25H24N2O4. The van der Waals surface area contributed by atoms with Gasteiger partial charge in [0.05, 0.1) is 23.0 Å². The number of ether oxygens (including phenoxy) is 1. The highest BCUT2D eigenvalue weighted by molar-refractivity contribution is 5.91. The fraction of sp³-hybridized carbons (Fsp3) is 0.160. The van der Waals surface area contributed by atoms with Crippen molar-refractivity contribution in [3.8, 4) is 5.75 Å². The maximum absolute atomic E-state index is 12.4. The zero-order valence-electron chi connectivity index (χ0n) is 17.6. The Labute approximate surface area is 181 Å². The first-order valence-corrected chi connectivity index (χ1v) is 9.77. The summed E-state index contributed by atoms with van der Waals surface area (Å²) < 4.78 is 5.44. The topological polar surface area (TPSA) is 88.0 Å². The van der Waals surface area contributed by atoms with Crippen molar-refractivity contribution in [1.82, 2.24) is 0 Å². The van der Waals surface area contributed by atoms with Crippen molar-refractivity contribution in [3.63, 3.8) is 0 Å². The molecule has 0 atom stereocenters. The molecule has 0 heterocycles. The lowest BCUT2D eigenvalue weighted by Crippen LogP contribution is -2.12. The lowest BCUT2D eigenvalue weighted by Gasteiger charge is -2.18. The van der Waals surface area contributed by atoms with E-state index in [4.69, 9.17) is 9.84 Å². The molecule has 0 bridgehead atoms. The van der Waals surface area contributed by atoms with Gasteiger partial charge in [0.15, 0.2) is 0 Å². The molecule has 0 saturated carbocycles. The van der Waals surface area contributed by atoms with Gasteiger partial charge in [-0.25, -0.2) is 9.59 Å². The van der Waals surface area contributed by atoms with Crippen molar-refractivity contribution in [1.29, 1.82) is 0 Å². The van der Waals surface area contributed by atoms with Crippen LogP contribution >= 0.6 is 0 Å². The summed E-state index contributed by atoms with van der Waals surface area (Å²) in [5.74, 6) is -0.939. The summed E-state index contributed by atoms with van der Waals surface area (Å²) in [5, 5.41) is 13.0. The minimum absolute atomic E-state index is 0.0244. The largest absolute Gasteiger partial charge is 0.478 e. The zero-order chi connectivity index (χ0) is 22.4. The molecular weight excluding hydrogens is 392 g/mol. The predicted molar refractivity (Wildman–Crippen MR) is 121 cm³/mol. The van der Waals surface area contributed by atoms with Gasteiger partial charge in [0.2, 0.25) is 0 Å². The molecule has 0 unspecified atom stereocenters. The Morgan fingerprint density at radius 3 is 2.00 bits per heavy atom. The number of aromatic carboxylic acids is 1. The van der Waals surface area contributed by atoms with Crippen molar-refractivity contribution in [2.24, 2.45) is 5.10 Å². The lowest BCUT2D eigenvalue weighted by atomic mass is 9.87. The van der Waals surface area contributed by atoms with Crippen LogP contribution in [0, 0.1) is 0 Å². The monoisotopic (exact) mass is 416 g/mol. The Balaban J connectivity index is 1.56. The predicted octanol–water partition coefficient (Wildman–Crippen LogP) is 5.35. The maximum atomic E-state index is 12.4. The molecule has 0 saturated heterocycles. The van der Waals surface area contributed by atoms with Gasteiger partial charge in [-0.3, -0.25) is 5.43 Å². The van der Waals surface area contributed by atoms with E-state index in [0.29, 0.717) is 17.0 Å². The molecule has 3 aromatic rings. The number of nitrogens with zero attached hydrogens (tertiary/aromatic N) is 1. The Hall–Kier alpha value is -3.93. The van der Waals surface area contributed by atoms with Crippen molar-refractivity contribution in [2.75, 3.05) is 5.43 Å². The molecule has 0 aromatic heterocycles. The van der Waals surface area contributed by atoms with E-state index >= 15 is 0 Å². The average Bonchev–Trinajstić information content (AvgIpc) is 2.75. The highest BCUT2D eigenvalue weighted by Crippen LogP contribution is 2.22. The molecule has 0 amide bonds. The van der Waals surface area contributed by atoms with Crippen LogP contribution in [0.15, 0.2) is 77.9 Å². The van der Waals surface area contributed by atoms with E-state index in [0.717, 1.165) is 11.1 Å². The molecule has 2 N–H and O–H groups in total. The van der Waals surface area contributed by atoms with E-state index in [-0.39, 0.29) is 11.0 Å². The van der Waals surface area contributed by atoms with Gasteiger partial charge in [0.1, 0.15) is 5.75 Å². The molecule has 0 radical (unpaired) electrons. The summed E-state index contributed by atoms with van der Waals surface area (Å²) in [6.45, 7) is 6.36. The summed E-state index contributed by atoms with van der Waals surface area (Å²) in [6, 6.07) is 20.7. The Kier molecular flexibility index (Phi) is 6.50. The molecule has 6 nitrogen and oxygen atoms in total. The number of benzene rings is 3. The second kappa shape index (κ2) is 9.26. The quantitative estimate of drug-likeness (QED) is 0.245. The van der Waals surface area contributed by atoms with E-state index in [9.17, 15) is 9.59 Å². The molecule has 6 heteroatoms. The molecule has 0 spiro atoms. The summed E-state index contributed by atoms with van der Waals surface area (Å²) in [7, 11) is 0. The molecule has 0 aliphatic rings. The SMILES string of the molecule is CC(C)(C)c1ccc(C(=O)Oc2ccc(C=NNc3ccc(C(=O)O)cc3)cc2)cc1. The van der Waals surface area contributed by atoms with Crippen molar-refractivity contribution < 1.29 is 19.4 Å². The first-order valence-electron chi connectivity index (χ1n) is 9.77. The number of hydrogen-bond acceptors (Lipinski definition) is 5. The second-order valence-electron chi connectivity index (χ2n) is 8.04. The van der Waals surface area contributed by atoms with Gasteiger partial charge in [0.25, 0.3) is 0 Å². The fourth-order valence-electron chi connectivity index (χ4n) is 2.76. The number of esters is 1. The second-order valence-corrected chi connectivity index (χ2v) is 8.04. The van der Waals surface area contributed by atoms with Crippen LogP contribution in [0.5, 0.6) is 5.75 Å². The normalized spacial score (nSPS) is 11.3. The molecule has 31 heavy (non-hydrogen) atoms. The van der Waals surface area contributed by atoms with Crippen molar-refractivity contribution >= 4 is 23.8 Å². The van der Waals surface area contributed by atoms with Crippen molar-refractivity contribution in [3.05, 3.63) is 95.1 Å². The highest BCUT2D eigenvalue weighted by atomic mass is 16.5. The van der Waals surface area contributed by atoms with E-state index < -0.39 is 11.9 Å². The molecule has 3 rings (SSSR count). The number of anilines is 1. The van der Waals surface area contributed by atoms with Gasteiger partial charge in [-0.15, -0.1) is 0 Å². The van der Waals surface area contributed by atoms with Gasteiger partial charge in [-0.1, -0.05) is 32.9 Å². The third-order valence-electron chi connectivity index (χ3n) is 4.62.